The van der Waals surface area contributed by atoms with Crippen LogP contribution >= 0.6 is 0 Å². The molecule has 0 saturated heterocycles. The number of hydrogen-bond donors (Lipinski definition) is 1. The van der Waals surface area contributed by atoms with Crippen molar-refractivity contribution in [2.45, 2.75) is 32.4 Å². The van der Waals surface area contributed by atoms with E-state index in [1.807, 2.05) is 43.3 Å². The summed E-state index contributed by atoms with van der Waals surface area (Å²) in [7, 11) is 0. The summed E-state index contributed by atoms with van der Waals surface area (Å²) in [5.41, 5.74) is 1.67. The van der Waals surface area contributed by atoms with E-state index in [0.717, 1.165) is 22.3 Å². The Bertz CT molecular complexity index is 837. The van der Waals surface area contributed by atoms with Crippen molar-refractivity contribution in [2.75, 3.05) is 0 Å². The fourth-order valence-electron chi connectivity index (χ4n) is 2.39. The maximum absolute atomic E-state index is 12.4. The first-order chi connectivity index (χ1) is 11.0. The molecule has 2 aromatic heterocycles. The number of Topliss-reactive ketones (excluding diaryl/α,β-unsaturated/α-hetero) is 1. The van der Waals surface area contributed by atoms with E-state index in [1.54, 1.807) is 10.9 Å². The van der Waals surface area contributed by atoms with Gasteiger partial charge in [-0.1, -0.05) is 23.4 Å². The van der Waals surface area contributed by atoms with Crippen molar-refractivity contribution in [3.05, 3.63) is 53.9 Å². The van der Waals surface area contributed by atoms with Gasteiger partial charge in [0.1, 0.15) is 11.1 Å². The van der Waals surface area contributed by atoms with Gasteiger partial charge >= 0.3 is 0 Å². The molecule has 23 heavy (non-hydrogen) atoms. The van der Waals surface area contributed by atoms with Crippen LogP contribution in [0.1, 0.15) is 18.2 Å². The highest BCUT2D eigenvalue weighted by molar-refractivity contribution is 5.88. The summed E-state index contributed by atoms with van der Waals surface area (Å²) in [6.45, 7) is 3.45. The predicted octanol–water partition coefficient (Wildman–Crippen LogP) is 1.70. The van der Waals surface area contributed by atoms with E-state index >= 15 is 0 Å². The molecule has 0 unspecified atom stereocenters. The second-order valence-electron chi connectivity index (χ2n) is 5.92. The van der Waals surface area contributed by atoms with Crippen LogP contribution < -0.4 is 0 Å². The number of aliphatic hydroxyl groups is 1. The summed E-state index contributed by atoms with van der Waals surface area (Å²) < 4.78 is 1.56. The number of benzene rings is 1. The molecule has 0 spiro atoms. The third kappa shape index (κ3) is 3.27. The fourth-order valence-corrected chi connectivity index (χ4v) is 2.39. The van der Waals surface area contributed by atoms with Gasteiger partial charge in [0.15, 0.2) is 5.78 Å². The van der Waals surface area contributed by atoms with Crippen LogP contribution in [-0.4, -0.2) is 36.5 Å². The van der Waals surface area contributed by atoms with Gasteiger partial charge in [-0.2, -0.15) is 0 Å². The minimum Gasteiger partial charge on any atom is -0.380 e. The normalized spacial score (nSPS) is 13.9. The van der Waals surface area contributed by atoms with E-state index < -0.39 is 5.60 Å². The van der Waals surface area contributed by atoms with E-state index in [9.17, 15) is 9.90 Å². The highest BCUT2D eigenvalue weighted by Crippen LogP contribution is 2.16. The van der Waals surface area contributed by atoms with E-state index in [2.05, 4.69) is 15.3 Å². The molecule has 2 heterocycles. The Kier molecular flexibility index (Phi) is 3.92. The summed E-state index contributed by atoms with van der Waals surface area (Å²) in [6, 6.07) is 11.1. The van der Waals surface area contributed by atoms with Crippen LogP contribution in [0.3, 0.4) is 0 Å². The molecular formula is C17H18N4O2. The maximum atomic E-state index is 12.4. The van der Waals surface area contributed by atoms with Crippen LogP contribution in [0.25, 0.3) is 11.0 Å². The number of ketones is 1. The average Bonchev–Trinajstić information content (AvgIpc) is 2.92. The lowest BCUT2D eigenvalue weighted by Crippen LogP contribution is -2.41. The molecule has 0 aliphatic rings. The lowest BCUT2D eigenvalue weighted by molar-refractivity contribution is -0.136. The van der Waals surface area contributed by atoms with E-state index in [4.69, 9.17) is 0 Å². The number of fused-ring (bicyclic) bond motifs is 1. The molecule has 0 bridgehead atoms. The zero-order valence-corrected chi connectivity index (χ0v) is 13.1. The van der Waals surface area contributed by atoms with Gasteiger partial charge in [-0.25, -0.2) is 4.68 Å². The van der Waals surface area contributed by atoms with Crippen molar-refractivity contribution in [3.63, 3.8) is 0 Å². The molecule has 6 nitrogen and oxygen atoms in total. The third-order valence-corrected chi connectivity index (χ3v) is 3.82. The molecule has 0 amide bonds. The van der Waals surface area contributed by atoms with Crippen LogP contribution in [0.15, 0.2) is 42.6 Å². The lowest BCUT2D eigenvalue weighted by atomic mass is 9.95. The van der Waals surface area contributed by atoms with Crippen molar-refractivity contribution in [1.29, 1.82) is 0 Å². The van der Waals surface area contributed by atoms with Gasteiger partial charge < -0.3 is 5.11 Å². The predicted molar refractivity (Wildman–Crippen MR) is 85.8 cm³/mol. The van der Waals surface area contributed by atoms with Gasteiger partial charge in [-0.05, 0) is 37.6 Å². The number of nitrogens with zero attached hydrogens (tertiary/aromatic N) is 4. The summed E-state index contributed by atoms with van der Waals surface area (Å²) in [5, 5.41) is 18.6. The Hall–Kier alpha value is -2.60. The van der Waals surface area contributed by atoms with Crippen molar-refractivity contribution in [2.24, 2.45) is 0 Å². The maximum Gasteiger partial charge on any atom is 0.170 e. The Morgan fingerprint density at radius 3 is 2.78 bits per heavy atom. The Balaban J connectivity index is 1.77. The third-order valence-electron chi connectivity index (χ3n) is 3.82. The molecule has 1 aromatic carbocycles. The number of carbonyl (C=O) groups is 1. The van der Waals surface area contributed by atoms with Gasteiger partial charge in [0.2, 0.25) is 0 Å². The van der Waals surface area contributed by atoms with Crippen LogP contribution in [0, 0.1) is 6.92 Å². The number of aromatic nitrogens is 4. The summed E-state index contributed by atoms with van der Waals surface area (Å²) in [5.74, 6) is -0.275. The largest absolute Gasteiger partial charge is 0.380 e. The topological polar surface area (TPSA) is 80.9 Å². The first kappa shape index (κ1) is 15.3. The van der Waals surface area contributed by atoms with E-state index in [0.29, 0.717) is 0 Å². The quantitative estimate of drug-likeness (QED) is 0.775. The molecule has 3 aromatic rings. The molecule has 1 atom stereocenters. The number of pyridine rings is 1. The van der Waals surface area contributed by atoms with Crippen molar-refractivity contribution >= 4 is 16.8 Å². The second kappa shape index (κ2) is 5.89. The second-order valence-corrected chi connectivity index (χ2v) is 5.92. The van der Waals surface area contributed by atoms with Crippen molar-refractivity contribution < 1.29 is 9.90 Å². The SMILES string of the molecule is Cc1ccc(CC(=O)[C@@](C)(O)Cn2nnc3ccccc32)cn1. The van der Waals surface area contributed by atoms with E-state index in [-0.39, 0.29) is 18.7 Å². The highest BCUT2D eigenvalue weighted by atomic mass is 16.3. The lowest BCUT2D eigenvalue weighted by Gasteiger charge is -2.21. The Labute approximate surface area is 133 Å². The Morgan fingerprint density at radius 1 is 1.26 bits per heavy atom. The average molecular weight is 310 g/mol. The van der Waals surface area contributed by atoms with Gasteiger partial charge in [0.05, 0.1) is 12.1 Å². The number of hydrogen-bond acceptors (Lipinski definition) is 5. The van der Waals surface area contributed by atoms with E-state index in [1.165, 1.54) is 6.92 Å². The summed E-state index contributed by atoms with van der Waals surface area (Å²) >= 11 is 0. The van der Waals surface area contributed by atoms with Gasteiger partial charge in [-0.15, -0.1) is 5.10 Å². The fraction of sp³-hybridized carbons (Fsp3) is 0.294. The number of rotatable bonds is 5. The van der Waals surface area contributed by atoms with Crippen molar-refractivity contribution in [1.82, 2.24) is 20.0 Å². The molecule has 118 valence electrons. The molecule has 6 heteroatoms. The highest BCUT2D eigenvalue weighted by Gasteiger charge is 2.31. The van der Waals surface area contributed by atoms with Crippen LogP contribution in [0.2, 0.25) is 0 Å². The molecular weight excluding hydrogens is 292 g/mol. The first-order valence-electron chi connectivity index (χ1n) is 7.41. The molecule has 0 aliphatic heterocycles. The zero-order valence-electron chi connectivity index (χ0n) is 13.1. The van der Waals surface area contributed by atoms with Crippen molar-refractivity contribution in [3.8, 4) is 0 Å². The molecule has 1 N–H and O–H groups in total. The summed E-state index contributed by atoms with van der Waals surface area (Å²) in [6.07, 6.45) is 1.79. The Morgan fingerprint density at radius 2 is 2.04 bits per heavy atom. The number of para-hydroxylation sites is 1. The smallest absolute Gasteiger partial charge is 0.170 e. The van der Waals surface area contributed by atoms with Gasteiger partial charge in [-0.3, -0.25) is 9.78 Å². The standard InChI is InChI=1S/C17H18N4O2/c1-12-7-8-13(10-18-12)9-16(22)17(2,23)11-21-15-6-4-3-5-14(15)19-20-21/h3-8,10,23H,9,11H2,1-2H3/t17-/m0/s1. The van der Waals surface area contributed by atoms with Crippen LogP contribution in [0.4, 0.5) is 0 Å². The van der Waals surface area contributed by atoms with Crippen LogP contribution in [-0.2, 0) is 17.8 Å². The molecule has 0 aliphatic carbocycles. The number of aryl methyl sites for hydroxylation is 1. The van der Waals surface area contributed by atoms with Gasteiger partial charge in [0.25, 0.3) is 0 Å². The van der Waals surface area contributed by atoms with Gasteiger partial charge in [0, 0.05) is 18.3 Å². The molecule has 0 fully saturated rings. The number of carbonyl (C=O) groups excluding carboxylic acids is 1. The molecule has 0 saturated carbocycles. The minimum absolute atomic E-state index is 0.0611. The first-order valence-corrected chi connectivity index (χ1v) is 7.41. The molecule has 0 radical (unpaired) electrons. The molecule has 3 rings (SSSR count). The van der Waals surface area contributed by atoms with Crippen LogP contribution in [0.5, 0.6) is 0 Å². The summed E-state index contributed by atoms with van der Waals surface area (Å²) in [4.78, 5) is 16.6. The monoisotopic (exact) mass is 310 g/mol. The zero-order chi connectivity index (χ0) is 16.4. The minimum atomic E-state index is -1.53.